The van der Waals surface area contributed by atoms with Crippen molar-refractivity contribution in [2.24, 2.45) is 11.5 Å². The third-order valence-corrected chi connectivity index (χ3v) is 2.30. The van der Waals surface area contributed by atoms with Crippen LogP contribution in [0, 0.1) is 13.8 Å². The van der Waals surface area contributed by atoms with Gasteiger partial charge in [-0.2, -0.15) is 0 Å². The highest BCUT2D eigenvalue weighted by Crippen LogP contribution is 2.18. The SMILES string of the molecule is Cc1ccc([C@H](N)CCN)c(C)c1. The summed E-state index contributed by atoms with van der Waals surface area (Å²) in [5, 5.41) is 0. The summed E-state index contributed by atoms with van der Waals surface area (Å²) in [5.74, 6) is 0. The average molecular weight is 178 g/mol. The van der Waals surface area contributed by atoms with E-state index in [1.54, 1.807) is 0 Å². The van der Waals surface area contributed by atoms with E-state index >= 15 is 0 Å². The van der Waals surface area contributed by atoms with E-state index in [2.05, 4.69) is 32.0 Å². The summed E-state index contributed by atoms with van der Waals surface area (Å²) in [5.41, 5.74) is 15.2. The highest BCUT2D eigenvalue weighted by Gasteiger charge is 2.07. The molecule has 0 bridgehead atoms. The van der Waals surface area contributed by atoms with Crippen molar-refractivity contribution in [1.29, 1.82) is 0 Å². The molecule has 1 aromatic carbocycles. The zero-order valence-corrected chi connectivity index (χ0v) is 8.38. The summed E-state index contributed by atoms with van der Waals surface area (Å²) in [6.07, 6.45) is 0.851. The van der Waals surface area contributed by atoms with Crippen LogP contribution < -0.4 is 11.5 Å². The maximum absolute atomic E-state index is 5.98. The Morgan fingerprint density at radius 2 is 2.00 bits per heavy atom. The molecule has 1 rings (SSSR count). The van der Waals surface area contributed by atoms with Crippen molar-refractivity contribution in [1.82, 2.24) is 0 Å². The Balaban J connectivity index is 2.88. The first-order valence-electron chi connectivity index (χ1n) is 4.68. The van der Waals surface area contributed by atoms with Crippen molar-refractivity contribution in [3.63, 3.8) is 0 Å². The van der Waals surface area contributed by atoms with E-state index in [-0.39, 0.29) is 6.04 Å². The van der Waals surface area contributed by atoms with Gasteiger partial charge in [-0.15, -0.1) is 0 Å². The molecule has 4 N–H and O–H groups in total. The molecule has 0 saturated heterocycles. The fourth-order valence-electron chi connectivity index (χ4n) is 1.58. The molecule has 72 valence electrons. The first-order valence-corrected chi connectivity index (χ1v) is 4.68. The lowest BCUT2D eigenvalue weighted by Crippen LogP contribution is -2.16. The number of hydrogen-bond donors (Lipinski definition) is 2. The van der Waals surface area contributed by atoms with Crippen LogP contribution in [-0.4, -0.2) is 6.54 Å². The standard InChI is InChI=1S/C11H18N2/c1-8-3-4-10(9(2)7-8)11(13)5-6-12/h3-4,7,11H,5-6,12-13H2,1-2H3/t11-/m1/s1. The van der Waals surface area contributed by atoms with E-state index in [0.29, 0.717) is 6.54 Å². The van der Waals surface area contributed by atoms with Gasteiger partial charge in [-0.05, 0) is 37.9 Å². The van der Waals surface area contributed by atoms with Gasteiger partial charge >= 0.3 is 0 Å². The predicted octanol–water partition coefficient (Wildman–Crippen LogP) is 1.65. The minimum Gasteiger partial charge on any atom is -0.330 e. The lowest BCUT2D eigenvalue weighted by atomic mass is 9.98. The molecule has 0 aromatic heterocycles. The molecular weight excluding hydrogens is 160 g/mol. The second kappa shape index (κ2) is 4.40. The Morgan fingerprint density at radius 3 is 2.54 bits per heavy atom. The summed E-state index contributed by atoms with van der Waals surface area (Å²) >= 11 is 0. The lowest BCUT2D eigenvalue weighted by molar-refractivity contribution is 0.657. The Kier molecular flexibility index (Phi) is 3.46. The van der Waals surface area contributed by atoms with Crippen LogP contribution in [0.25, 0.3) is 0 Å². The van der Waals surface area contributed by atoms with E-state index in [1.807, 2.05) is 0 Å². The second-order valence-corrected chi connectivity index (χ2v) is 3.54. The third kappa shape index (κ3) is 2.54. The van der Waals surface area contributed by atoms with Gasteiger partial charge in [0.1, 0.15) is 0 Å². The summed E-state index contributed by atoms with van der Waals surface area (Å²) in [4.78, 5) is 0. The highest BCUT2D eigenvalue weighted by atomic mass is 14.7. The van der Waals surface area contributed by atoms with Crippen LogP contribution in [0.5, 0.6) is 0 Å². The number of nitrogens with two attached hydrogens (primary N) is 2. The Hall–Kier alpha value is -0.860. The van der Waals surface area contributed by atoms with E-state index < -0.39 is 0 Å². The van der Waals surface area contributed by atoms with Crippen LogP contribution in [0.2, 0.25) is 0 Å². The molecule has 1 aromatic rings. The fourth-order valence-corrected chi connectivity index (χ4v) is 1.58. The van der Waals surface area contributed by atoms with Crippen molar-refractivity contribution < 1.29 is 0 Å². The number of rotatable bonds is 3. The fraction of sp³-hybridized carbons (Fsp3) is 0.455. The monoisotopic (exact) mass is 178 g/mol. The molecule has 2 heteroatoms. The van der Waals surface area contributed by atoms with Crippen molar-refractivity contribution >= 4 is 0 Å². The molecule has 0 aliphatic heterocycles. The van der Waals surface area contributed by atoms with Crippen molar-refractivity contribution in [3.05, 3.63) is 34.9 Å². The van der Waals surface area contributed by atoms with E-state index in [1.165, 1.54) is 16.7 Å². The van der Waals surface area contributed by atoms with Crippen LogP contribution in [0.4, 0.5) is 0 Å². The number of aryl methyl sites for hydroxylation is 2. The molecule has 0 unspecified atom stereocenters. The van der Waals surface area contributed by atoms with Gasteiger partial charge in [0.05, 0.1) is 0 Å². The Morgan fingerprint density at radius 1 is 1.31 bits per heavy atom. The molecule has 0 saturated carbocycles. The first kappa shape index (κ1) is 10.2. The van der Waals surface area contributed by atoms with Gasteiger partial charge in [-0.1, -0.05) is 23.8 Å². The largest absolute Gasteiger partial charge is 0.330 e. The molecule has 13 heavy (non-hydrogen) atoms. The molecule has 0 fully saturated rings. The number of benzene rings is 1. The van der Waals surface area contributed by atoms with Gasteiger partial charge in [0.15, 0.2) is 0 Å². The van der Waals surface area contributed by atoms with Crippen molar-refractivity contribution in [2.75, 3.05) is 6.54 Å². The third-order valence-electron chi connectivity index (χ3n) is 2.30. The molecule has 0 aliphatic carbocycles. The van der Waals surface area contributed by atoms with Crippen LogP contribution in [0.15, 0.2) is 18.2 Å². The zero-order valence-electron chi connectivity index (χ0n) is 8.38. The Labute approximate surface area is 79.9 Å². The van der Waals surface area contributed by atoms with E-state index in [4.69, 9.17) is 11.5 Å². The predicted molar refractivity (Wildman–Crippen MR) is 56.5 cm³/mol. The van der Waals surface area contributed by atoms with Crippen molar-refractivity contribution in [2.45, 2.75) is 26.3 Å². The second-order valence-electron chi connectivity index (χ2n) is 3.54. The van der Waals surface area contributed by atoms with Gasteiger partial charge < -0.3 is 11.5 Å². The van der Waals surface area contributed by atoms with Crippen LogP contribution in [0.3, 0.4) is 0 Å². The Bertz CT molecular complexity index is 281. The highest BCUT2D eigenvalue weighted by molar-refractivity contribution is 5.32. The quantitative estimate of drug-likeness (QED) is 0.739. The van der Waals surface area contributed by atoms with Gasteiger partial charge in [0.25, 0.3) is 0 Å². The summed E-state index contributed by atoms with van der Waals surface area (Å²) in [7, 11) is 0. The normalized spacial score (nSPS) is 12.9. The van der Waals surface area contributed by atoms with Gasteiger partial charge in [-0.3, -0.25) is 0 Å². The number of hydrogen-bond acceptors (Lipinski definition) is 2. The molecule has 2 nitrogen and oxygen atoms in total. The van der Waals surface area contributed by atoms with Gasteiger partial charge in [0.2, 0.25) is 0 Å². The first-order chi connectivity index (χ1) is 6.15. The van der Waals surface area contributed by atoms with E-state index in [9.17, 15) is 0 Å². The maximum Gasteiger partial charge on any atom is 0.0309 e. The molecule has 1 atom stereocenters. The lowest BCUT2D eigenvalue weighted by Gasteiger charge is -2.13. The summed E-state index contributed by atoms with van der Waals surface area (Å²) in [6.45, 7) is 4.83. The van der Waals surface area contributed by atoms with Crippen LogP contribution >= 0.6 is 0 Å². The van der Waals surface area contributed by atoms with Gasteiger partial charge in [0, 0.05) is 6.04 Å². The minimum atomic E-state index is 0.0885. The average Bonchev–Trinajstić information content (AvgIpc) is 2.04. The van der Waals surface area contributed by atoms with Crippen molar-refractivity contribution in [3.8, 4) is 0 Å². The summed E-state index contributed by atoms with van der Waals surface area (Å²) in [6, 6.07) is 6.45. The minimum absolute atomic E-state index is 0.0885. The topological polar surface area (TPSA) is 52.0 Å². The van der Waals surface area contributed by atoms with Crippen LogP contribution in [-0.2, 0) is 0 Å². The molecule has 0 aliphatic rings. The molecular formula is C11H18N2. The molecule has 0 radical (unpaired) electrons. The molecule has 0 heterocycles. The van der Waals surface area contributed by atoms with Gasteiger partial charge in [-0.25, -0.2) is 0 Å². The maximum atomic E-state index is 5.98. The smallest absolute Gasteiger partial charge is 0.0309 e. The molecule has 0 amide bonds. The van der Waals surface area contributed by atoms with Crippen LogP contribution in [0.1, 0.15) is 29.2 Å². The summed E-state index contributed by atoms with van der Waals surface area (Å²) < 4.78 is 0. The zero-order chi connectivity index (χ0) is 9.84. The van der Waals surface area contributed by atoms with E-state index in [0.717, 1.165) is 6.42 Å². The molecule has 0 spiro atoms.